The fourth-order valence-corrected chi connectivity index (χ4v) is 3.22. The molecule has 0 spiro atoms. The van der Waals surface area contributed by atoms with Gasteiger partial charge in [-0.05, 0) is 31.2 Å². The van der Waals surface area contributed by atoms with Crippen molar-refractivity contribution < 1.29 is 28.5 Å². The maximum Gasteiger partial charge on any atom is 0.338 e. The van der Waals surface area contributed by atoms with Crippen LogP contribution in [0.5, 0.6) is 11.5 Å². The van der Waals surface area contributed by atoms with Crippen LogP contribution in [0, 0.1) is 0 Å². The predicted octanol–water partition coefficient (Wildman–Crippen LogP) is 3.33. The van der Waals surface area contributed by atoms with E-state index >= 15 is 0 Å². The van der Waals surface area contributed by atoms with E-state index in [0.29, 0.717) is 36.2 Å². The Morgan fingerprint density at radius 2 is 2.00 bits per heavy atom. The van der Waals surface area contributed by atoms with Gasteiger partial charge >= 0.3 is 5.97 Å². The van der Waals surface area contributed by atoms with Crippen LogP contribution in [0.3, 0.4) is 0 Å². The molecule has 160 valence electrons. The quantitative estimate of drug-likeness (QED) is 0.623. The van der Waals surface area contributed by atoms with Crippen LogP contribution in [-0.2, 0) is 20.9 Å². The lowest BCUT2D eigenvalue weighted by Gasteiger charge is -2.30. The highest BCUT2D eigenvalue weighted by Crippen LogP contribution is 2.30. The van der Waals surface area contributed by atoms with Crippen molar-refractivity contribution in [3.63, 3.8) is 0 Å². The van der Waals surface area contributed by atoms with Crippen molar-refractivity contribution in [2.75, 3.05) is 33.4 Å². The highest BCUT2D eigenvalue weighted by atomic mass is 35.5. The van der Waals surface area contributed by atoms with E-state index in [0.717, 1.165) is 5.56 Å². The van der Waals surface area contributed by atoms with Crippen LogP contribution in [0.4, 0.5) is 0 Å². The summed E-state index contributed by atoms with van der Waals surface area (Å²) in [6.07, 6.45) is -0.0269. The van der Waals surface area contributed by atoms with Gasteiger partial charge in [0.05, 0.1) is 25.4 Å². The molecule has 1 amide bonds. The van der Waals surface area contributed by atoms with E-state index in [1.54, 1.807) is 23.1 Å². The van der Waals surface area contributed by atoms with Crippen molar-refractivity contribution in [1.29, 1.82) is 0 Å². The predicted molar refractivity (Wildman–Crippen MR) is 111 cm³/mol. The molecule has 7 nitrogen and oxygen atoms in total. The number of methoxy groups -OCH3 is 1. The van der Waals surface area contributed by atoms with E-state index in [4.69, 9.17) is 30.5 Å². The van der Waals surface area contributed by atoms with Gasteiger partial charge in [-0.3, -0.25) is 4.79 Å². The topological polar surface area (TPSA) is 74.3 Å². The lowest BCUT2D eigenvalue weighted by molar-refractivity contribution is -0.141. The third-order valence-corrected chi connectivity index (χ3v) is 5.03. The van der Waals surface area contributed by atoms with E-state index in [9.17, 15) is 9.59 Å². The van der Waals surface area contributed by atoms with E-state index in [1.807, 2.05) is 25.1 Å². The number of nitrogens with zero attached hydrogens (tertiary/aromatic N) is 1. The third-order valence-electron chi connectivity index (χ3n) is 4.66. The van der Waals surface area contributed by atoms with Crippen molar-refractivity contribution in [2.24, 2.45) is 0 Å². The molecule has 1 fully saturated rings. The number of rotatable bonds is 7. The van der Waals surface area contributed by atoms with Crippen molar-refractivity contribution in [2.45, 2.75) is 19.6 Å². The molecule has 8 heteroatoms. The summed E-state index contributed by atoms with van der Waals surface area (Å²) in [6, 6.07) is 12.1. The van der Waals surface area contributed by atoms with Gasteiger partial charge < -0.3 is 23.8 Å². The zero-order valence-corrected chi connectivity index (χ0v) is 17.7. The Labute approximate surface area is 180 Å². The number of esters is 1. The normalized spacial score (nSPS) is 16.1. The smallest absolute Gasteiger partial charge is 0.338 e. The number of amides is 1. The number of benzene rings is 2. The number of morpholine rings is 1. The second-order valence-electron chi connectivity index (χ2n) is 6.84. The molecular weight excluding hydrogens is 410 g/mol. The van der Waals surface area contributed by atoms with E-state index in [-0.39, 0.29) is 30.8 Å². The van der Waals surface area contributed by atoms with Gasteiger partial charge in [-0.1, -0.05) is 29.8 Å². The van der Waals surface area contributed by atoms with Crippen LogP contribution in [-0.4, -0.2) is 56.3 Å². The molecule has 30 heavy (non-hydrogen) atoms. The number of hydrogen-bond donors (Lipinski definition) is 0. The molecule has 0 bridgehead atoms. The van der Waals surface area contributed by atoms with Crippen LogP contribution in [0.15, 0.2) is 42.5 Å². The maximum absolute atomic E-state index is 12.4. The summed E-state index contributed by atoms with van der Waals surface area (Å²) in [5.74, 6) is -0.0112. The summed E-state index contributed by atoms with van der Waals surface area (Å²) in [6.45, 7) is 3.29. The summed E-state index contributed by atoms with van der Waals surface area (Å²) >= 11 is 6.14. The van der Waals surface area contributed by atoms with Crippen molar-refractivity contribution in [1.82, 2.24) is 4.90 Å². The minimum Gasteiger partial charge on any atom is -0.493 e. The SMILES string of the molecule is COc1cc(C(=O)OCC(=O)N2CCOC(C)C2)ccc1OCc1ccccc1Cl. The third kappa shape index (κ3) is 5.64. The molecule has 0 radical (unpaired) electrons. The maximum atomic E-state index is 12.4. The molecule has 1 unspecified atom stereocenters. The van der Waals surface area contributed by atoms with Gasteiger partial charge in [0.2, 0.25) is 0 Å². The second kappa shape index (κ2) is 10.3. The zero-order valence-electron chi connectivity index (χ0n) is 16.9. The summed E-state index contributed by atoms with van der Waals surface area (Å²) in [5.41, 5.74) is 1.10. The molecule has 0 saturated carbocycles. The van der Waals surface area contributed by atoms with Crippen LogP contribution in [0.1, 0.15) is 22.8 Å². The molecule has 1 atom stereocenters. The van der Waals surface area contributed by atoms with Crippen molar-refractivity contribution in [3.05, 3.63) is 58.6 Å². The van der Waals surface area contributed by atoms with Crippen LogP contribution < -0.4 is 9.47 Å². The fraction of sp³-hybridized carbons (Fsp3) is 0.364. The van der Waals surface area contributed by atoms with Crippen LogP contribution in [0.25, 0.3) is 0 Å². The molecule has 2 aromatic carbocycles. The average Bonchev–Trinajstić information content (AvgIpc) is 2.76. The molecule has 2 aromatic rings. The number of ether oxygens (including phenoxy) is 4. The minimum atomic E-state index is -0.611. The van der Waals surface area contributed by atoms with Crippen LogP contribution in [0.2, 0.25) is 5.02 Å². The van der Waals surface area contributed by atoms with Crippen LogP contribution >= 0.6 is 11.6 Å². The molecule has 1 heterocycles. The van der Waals surface area contributed by atoms with Gasteiger partial charge in [-0.15, -0.1) is 0 Å². The number of hydrogen-bond acceptors (Lipinski definition) is 6. The summed E-state index contributed by atoms with van der Waals surface area (Å²) in [7, 11) is 1.48. The lowest BCUT2D eigenvalue weighted by Crippen LogP contribution is -2.46. The minimum absolute atomic E-state index is 0.0269. The molecule has 1 saturated heterocycles. The number of carbonyl (C=O) groups excluding carboxylic acids is 2. The molecule has 0 aliphatic carbocycles. The van der Waals surface area contributed by atoms with Crippen molar-refractivity contribution in [3.8, 4) is 11.5 Å². The number of carbonyl (C=O) groups is 2. The molecule has 0 N–H and O–H groups in total. The van der Waals surface area contributed by atoms with Gasteiger partial charge in [0, 0.05) is 23.7 Å². The highest BCUT2D eigenvalue weighted by molar-refractivity contribution is 6.31. The first-order valence-corrected chi connectivity index (χ1v) is 9.96. The largest absolute Gasteiger partial charge is 0.493 e. The fourth-order valence-electron chi connectivity index (χ4n) is 3.03. The zero-order chi connectivity index (χ0) is 21.5. The Kier molecular flexibility index (Phi) is 7.54. The molecule has 1 aliphatic heterocycles. The Balaban J connectivity index is 1.58. The van der Waals surface area contributed by atoms with E-state index in [2.05, 4.69) is 0 Å². The molecule has 1 aliphatic rings. The van der Waals surface area contributed by atoms with Gasteiger partial charge in [0.1, 0.15) is 6.61 Å². The van der Waals surface area contributed by atoms with Gasteiger partial charge in [-0.2, -0.15) is 0 Å². The van der Waals surface area contributed by atoms with Crippen molar-refractivity contribution >= 4 is 23.5 Å². The molecular formula is C22H24ClNO6. The van der Waals surface area contributed by atoms with Gasteiger partial charge in [0.25, 0.3) is 5.91 Å². The standard InChI is InChI=1S/C22H24ClNO6/c1-15-12-24(9-10-28-15)21(25)14-30-22(26)16-7-8-19(20(11-16)27-2)29-13-17-5-3-4-6-18(17)23/h3-8,11,15H,9-10,12-14H2,1-2H3. The molecule has 0 aromatic heterocycles. The van der Waals surface area contributed by atoms with Gasteiger partial charge in [0.15, 0.2) is 18.1 Å². The summed E-state index contributed by atoms with van der Waals surface area (Å²) in [4.78, 5) is 26.2. The lowest BCUT2D eigenvalue weighted by atomic mass is 10.2. The Hall–Kier alpha value is -2.77. The average molecular weight is 434 g/mol. The van der Waals surface area contributed by atoms with Gasteiger partial charge in [-0.25, -0.2) is 4.79 Å². The highest BCUT2D eigenvalue weighted by Gasteiger charge is 2.23. The first-order valence-electron chi connectivity index (χ1n) is 9.58. The number of halogens is 1. The first-order chi connectivity index (χ1) is 14.5. The Morgan fingerprint density at radius 1 is 1.20 bits per heavy atom. The van der Waals surface area contributed by atoms with E-state index < -0.39 is 5.97 Å². The summed E-state index contributed by atoms with van der Waals surface area (Å²) in [5, 5.41) is 0.607. The van der Waals surface area contributed by atoms with E-state index in [1.165, 1.54) is 13.2 Å². The first kappa shape index (κ1) is 21.9. The summed E-state index contributed by atoms with van der Waals surface area (Å²) < 4.78 is 21.7. The molecule has 3 rings (SSSR count). The monoisotopic (exact) mass is 433 g/mol. The Bertz CT molecular complexity index is 903. The second-order valence-corrected chi connectivity index (χ2v) is 7.25. The Morgan fingerprint density at radius 3 is 2.73 bits per heavy atom.